The van der Waals surface area contributed by atoms with Crippen molar-refractivity contribution in [1.82, 2.24) is 0 Å². The van der Waals surface area contributed by atoms with Gasteiger partial charge in [0.05, 0.1) is 0 Å². The number of unbranched alkanes of at least 4 members (excludes halogenated alkanes) is 1. The van der Waals surface area contributed by atoms with Crippen molar-refractivity contribution in [2.75, 3.05) is 11.9 Å². The largest absolute Gasteiger partial charge is 0.385 e. The zero-order chi connectivity index (χ0) is 10.4. The van der Waals surface area contributed by atoms with Crippen molar-refractivity contribution >= 4 is 28.3 Å². The Morgan fingerprint density at radius 3 is 3.00 bits per heavy atom. The number of hydrogen-bond acceptors (Lipinski definition) is 1. The zero-order valence-electron chi connectivity index (χ0n) is 8.31. The van der Waals surface area contributed by atoms with Crippen LogP contribution in [-0.2, 0) is 0 Å². The van der Waals surface area contributed by atoms with Crippen LogP contribution in [0.2, 0.25) is 0 Å². The van der Waals surface area contributed by atoms with Crippen molar-refractivity contribution in [1.29, 1.82) is 0 Å². The standard InChI is InChI=1S/C12H14IN/c1-3-4-5-8-14-12-9-11(13)7-6-10(12)2/h1,6-7,9,14H,4-5,8H2,2H3. The Labute approximate surface area is 99.4 Å². The molecule has 0 fully saturated rings. The first-order valence-electron chi connectivity index (χ1n) is 4.67. The van der Waals surface area contributed by atoms with E-state index in [2.05, 4.69) is 59.0 Å². The molecule has 0 aromatic heterocycles. The normalized spacial score (nSPS) is 9.50. The summed E-state index contributed by atoms with van der Waals surface area (Å²) in [6.07, 6.45) is 7.06. The summed E-state index contributed by atoms with van der Waals surface area (Å²) < 4.78 is 1.26. The van der Waals surface area contributed by atoms with E-state index in [1.807, 2.05) is 0 Å². The second-order valence-corrected chi connectivity index (χ2v) is 4.44. The van der Waals surface area contributed by atoms with Crippen molar-refractivity contribution in [3.63, 3.8) is 0 Å². The molecule has 14 heavy (non-hydrogen) atoms. The van der Waals surface area contributed by atoms with E-state index in [1.165, 1.54) is 14.8 Å². The highest BCUT2D eigenvalue weighted by atomic mass is 127. The molecule has 0 unspecified atom stereocenters. The van der Waals surface area contributed by atoms with Crippen molar-refractivity contribution in [3.05, 3.63) is 27.3 Å². The van der Waals surface area contributed by atoms with Gasteiger partial charge in [-0.15, -0.1) is 12.3 Å². The summed E-state index contributed by atoms with van der Waals surface area (Å²) in [7, 11) is 0. The number of anilines is 1. The topological polar surface area (TPSA) is 12.0 Å². The Hall–Kier alpha value is -0.690. The average molecular weight is 299 g/mol. The Bertz CT molecular complexity index is 339. The lowest BCUT2D eigenvalue weighted by Crippen LogP contribution is -2.02. The van der Waals surface area contributed by atoms with Gasteiger partial charge in [-0.3, -0.25) is 0 Å². The summed E-state index contributed by atoms with van der Waals surface area (Å²) >= 11 is 2.32. The Morgan fingerprint density at radius 2 is 2.29 bits per heavy atom. The second kappa shape index (κ2) is 5.92. The predicted molar refractivity (Wildman–Crippen MR) is 70.5 cm³/mol. The van der Waals surface area contributed by atoms with Crippen molar-refractivity contribution in [2.24, 2.45) is 0 Å². The molecule has 0 radical (unpaired) electrons. The highest BCUT2D eigenvalue weighted by Crippen LogP contribution is 2.17. The van der Waals surface area contributed by atoms with Gasteiger partial charge in [-0.1, -0.05) is 6.07 Å². The van der Waals surface area contributed by atoms with Crippen LogP contribution in [0.15, 0.2) is 18.2 Å². The van der Waals surface area contributed by atoms with Crippen molar-refractivity contribution < 1.29 is 0 Å². The summed E-state index contributed by atoms with van der Waals surface area (Å²) in [5.74, 6) is 2.64. The van der Waals surface area contributed by atoms with Gasteiger partial charge >= 0.3 is 0 Å². The summed E-state index contributed by atoms with van der Waals surface area (Å²) in [6, 6.07) is 6.40. The molecule has 0 aliphatic rings. The molecule has 0 spiro atoms. The molecule has 0 atom stereocenters. The maximum Gasteiger partial charge on any atom is 0.0380 e. The Kier molecular flexibility index (Phi) is 4.81. The lowest BCUT2D eigenvalue weighted by molar-refractivity contribution is 0.906. The van der Waals surface area contributed by atoms with Gasteiger partial charge in [-0.2, -0.15) is 0 Å². The highest BCUT2D eigenvalue weighted by Gasteiger charge is 1.97. The molecule has 1 N–H and O–H groups in total. The average Bonchev–Trinajstić information content (AvgIpc) is 2.18. The maximum atomic E-state index is 5.18. The van der Waals surface area contributed by atoms with E-state index in [-0.39, 0.29) is 0 Å². The van der Waals surface area contributed by atoms with E-state index in [0.29, 0.717) is 0 Å². The number of aryl methyl sites for hydroxylation is 1. The SMILES string of the molecule is C#CCCCNc1cc(I)ccc1C. The van der Waals surface area contributed by atoms with Crippen LogP contribution in [0.5, 0.6) is 0 Å². The Balaban J connectivity index is 2.50. The second-order valence-electron chi connectivity index (χ2n) is 3.19. The summed E-state index contributed by atoms with van der Waals surface area (Å²) in [5.41, 5.74) is 2.50. The van der Waals surface area contributed by atoms with Gasteiger partial charge in [-0.05, 0) is 53.6 Å². The molecule has 2 heteroatoms. The molecule has 0 saturated carbocycles. The molecular weight excluding hydrogens is 285 g/mol. The molecule has 0 heterocycles. The molecule has 0 amide bonds. The van der Waals surface area contributed by atoms with E-state index < -0.39 is 0 Å². The van der Waals surface area contributed by atoms with Crippen LogP contribution >= 0.6 is 22.6 Å². The number of terminal acetylenes is 1. The van der Waals surface area contributed by atoms with E-state index in [9.17, 15) is 0 Å². The van der Waals surface area contributed by atoms with Crippen molar-refractivity contribution in [2.45, 2.75) is 19.8 Å². The number of rotatable bonds is 4. The minimum atomic E-state index is 0.843. The predicted octanol–water partition coefficient (Wildman–Crippen LogP) is 3.42. The minimum Gasteiger partial charge on any atom is -0.385 e. The van der Waals surface area contributed by atoms with Gasteiger partial charge in [0.25, 0.3) is 0 Å². The lowest BCUT2D eigenvalue weighted by Gasteiger charge is -2.08. The maximum absolute atomic E-state index is 5.18. The van der Waals surface area contributed by atoms with E-state index >= 15 is 0 Å². The quantitative estimate of drug-likeness (QED) is 0.510. The van der Waals surface area contributed by atoms with Crippen LogP contribution in [0.25, 0.3) is 0 Å². The summed E-state index contributed by atoms with van der Waals surface area (Å²) in [6.45, 7) is 3.06. The third-order valence-corrected chi connectivity index (χ3v) is 2.68. The number of nitrogens with one attached hydrogen (secondary N) is 1. The third-order valence-electron chi connectivity index (χ3n) is 2.01. The van der Waals surface area contributed by atoms with Gasteiger partial charge in [0, 0.05) is 22.2 Å². The zero-order valence-corrected chi connectivity index (χ0v) is 10.5. The number of halogens is 1. The molecular formula is C12H14IN. The fourth-order valence-electron chi connectivity index (χ4n) is 1.20. The van der Waals surface area contributed by atoms with Gasteiger partial charge in [0.1, 0.15) is 0 Å². The molecule has 0 saturated heterocycles. The van der Waals surface area contributed by atoms with E-state index in [0.717, 1.165) is 19.4 Å². The smallest absolute Gasteiger partial charge is 0.0380 e. The van der Waals surface area contributed by atoms with Crippen LogP contribution in [0.4, 0.5) is 5.69 Å². The summed E-state index contributed by atoms with van der Waals surface area (Å²) in [4.78, 5) is 0. The van der Waals surface area contributed by atoms with Gasteiger partial charge in [0.15, 0.2) is 0 Å². The summed E-state index contributed by atoms with van der Waals surface area (Å²) in [5, 5.41) is 3.39. The first-order valence-corrected chi connectivity index (χ1v) is 5.75. The molecule has 74 valence electrons. The van der Waals surface area contributed by atoms with Crippen LogP contribution in [0.3, 0.4) is 0 Å². The van der Waals surface area contributed by atoms with E-state index in [4.69, 9.17) is 6.42 Å². The molecule has 0 aliphatic heterocycles. The van der Waals surface area contributed by atoms with Crippen LogP contribution < -0.4 is 5.32 Å². The van der Waals surface area contributed by atoms with Gasteiger partial charge < -0.3 is 5.32 Å². The Morgan fingerprint density at radius 1 is 1.50 bits per heavy atom. The van der Waals surface area contributed by atoms with Gasteiger partial charge in [0.2, 0.25) is 0 Å². The lowest BCUT2D eigenvalue weighted by atomic mass is 10.2. The fourth-order valence-corrected chi connectivity index (χ4v) is 1.69. The van der Waals surface area contributed by atoms with Crippen LogP contribution in [0, 0.1) is 22.8 Å². The monoisotopic (exact) mass is 299 g/mol. The minimum absolute atomic E-state index is 0.843. The first-order chi connectivity index (χ1) is 6.74. The molecule has 1 aromatic rings. The van der Waals surface area contributed by atoms with Crippen LogP contribution in [0.1, 0.15) is 18.4 Å². The number of hydrogen-bond donors (Lipinski definition) is 1. The van der Waals surface area contributed by atoms with Crippen molar-refractivity contribution in [3.8, 4) is 12.3 Å². The molecule has 1 aromatic carbocycles. The van der Waals surface area contributed by atoms with Gasteiger partial charge in [-0.25, -0.2) is 0 Å². The van der Waals surface area contributed by atoms with Crippen LogP contribution in [-0.4, -0.2) is 6.54 Å². The molecule has 0 bridgehead atoms. The first kappa shape index (κ1) is 11.4. The molecule has 1 rings (SSSR count). The highest BCUT2D eigenvalue weighted by molar-refractivity contribution is 14.1. The molecule has 0 aliphatic carbocycles. The number of benzene rings is 1. The molecule has 1 nitrogen and oxygen atoms in total. The fraction of sp³-hybridized carbons (Fsp3) is 0.333. The third kappa shape index (κ3) is 3.59. The van der Waals surface area contributed by atoms with E-state index in [1.54, 1.807) is 0 Å².